The van der Waals surface area contributed by atoms with Crippen LogP contribution in [0, 0.1) is 5.92 Å². The van der Waals surface area contributed by atoms with Gasteiger partial charge in [0.25, 0.3) is 5.19 Å². The average molecular weight is 379 g/mol. The Morgan fingerprint density at radius 3 is 2.88 bits per heavy atom. The van der Waals surface area contributed by atoms with Crippen LogP contribution < -0.4 is 14.8 Å². The van der Waals surface area contributed by atoms with Crippen molar-refractivity contribution in [3.63, 3.8) is 0 Å². The van der Waals surface area contributed by atoms with E-state index in [0.717, 1.165) is 23.2 Å². The van der Waals surface area contributed by atoms with Crippen molar-refractivity contribution in [3.05, 3.63) is 12.1 Å². The number of aromatic nitrogens is 2. The van der Waals surface area contributed by atoms with Gasteiger partial charge in [-0.05, 0) is 38.7 Å². The number of pyridine rings is 1. The molecule has 2 aromatic rings. The van der Waals surface area contributed by atoms with E-state index in [1.807, 2.05) is 26.0 Å². The normalized spacial score (nSPS) is 20.4. The molecule has 0 unspecified atom stereocenters. The molecule has 1 aliphatic carbocycles. The lowest BCUT2D eigenvalue weighted by atomic mass is 9.83. The third kappa shape index (κ3) is 5.04. The fraction of sp³-hybridized carbons (Fsp3) is 0.611. The maximum absolute atomic E-state index is 11.0. The molecule has 0 spiro atoms. The minimum Gasteiger partial charge on any atom is -0.477 e. The number of carbonyl (C=O) groups is 1. The number of fused-ring (bicyclic) bond motifs is 1. The van der Waals surface area contributed by atoms with Gasteiger partial charge < -0.3 is 19.5 Å². The van der Waals surface area contributed by atoms with E-state index in [4.69, 9.17) is 14.2 Å². The Kier molecular flexibility index (Phi) is 6.26. The number of nitrogens with zero attached hydrogens (tertiary/aromatic N) is 2. The first-order chi connectivity index (χ1) is 12.5. The quantitative estimate of drug-likeness (QED) is 0.721. The van der Waals surface area contributed by atoms with Crippen LogP contribution in [-0.2, 0) is 9.53 Å². The number of carbonyl (C=O) groups excluding carboxylic acids is 1. The average Bonchev–Trinajstić information content (AvgIpc) is 2.94. The summed E-state index contributed by atoms with van der Waals surface area (Å²) >= 11 is 1.43. The molecule has 0 saturated heterocycles. The number of hydrogen-bond donors (Lipinski definition) is 1. The van der Waals surface area contributed by atoms with E-state index >= 15 is 0 Å². The van der Waals surface area contributed by atoms with E-state index < -0.39 is 0 Å². The minimum absolute atomic E-state index is 0.0280. The monoisotopic (exact) mass is 379 g/mol. The molecule has 1 saturated carbocycles. The smallest absolute Gasteiger partial charge is 0.275 e. The summed E-state index contributed by atoms with van der Waals surface area (Å²) in [5.41, 5.74) is 0.830. The fourth-order valence-electron chi connectivity index (χ4n) is 2.86. The predicted octanol–water partition coefficient (Wildman–Crippen LogP) is 2.79. The van der Waals surface area contributed by atoms with E-state index in [1.165, 1.54) is 18.3 Å². The van der Waals surface area contributed by atoms with Gasteiger partial charge in [0.15, 0.2) is 4.83 Å². The van der Waals surface area contributed by atoms with Crippen LogP contribution in [-0.4, -0.2) is 47.8 Å². The van der Waals surface area contributed by atoms with E-state index in [0.29, 0.717) is 36.8 Å². The Morgan fingerprint density at radius 2 is 2.15 bits per heavy atom. The first-order valence-electron chi connectivity index (χ1n) is 8.95. The molecule has 1 fully saturated rings. The number of amides is 1. The van der Waals surface area contributed by atoms with Crippen molar-refractivity contribution in [2.75, 3.05) is 19.8 Å². The van der Waals surface area contributed by atoms with E-state index in [-0.39, 0.29) is 18.1 Å². The molecule has 7 nitrogen and oxygen atoms in total. The summed E-state index contributed by atoms with van der Waals surface area (Å²) in [7, 11) is 0. The molecule has 0 aromatic carbocycles. The summed E-state index contributed by atoms with van der Waals surface area (Å²) in [5, 5.41) is 3.46. The molecule has 1 aliphatic rings. The van der Waals surface area contributed by atoms with Crippen LogP contribution in [0.1, 0.15) is 33.6 Å². The van der Waals surface area contributed by atoms with Crippen molar-refractivity contribution in [2.24, 2.45) is 5.92 Å². The van der Waals surface area contributed by atoms with Crippen molar-refractivity contribution in [2.45, 2.75) is 45.8 Å². The second-order valence-electron chi connectivity index (χ2n) is 6.59. The highest BCUT2D eigenvalue weighted by molar-refractivity contribution is 7.19. The lowest BCUT2D eigenvalue weighted by Crippen LogP contribution is -2.40. The van der Waals surface area contributed by atoms with Gasteiger partial charge in [-0.25, -0.2) is 9.97 Å². The summed E-state index contributed by atoms with van der Waals surface area (Å²) in [6.45, 7) is 7.17. The zero-order chi connectivity index (χ0) is 18.5. The van der Waals surface area contributed by atoms with Crippen LogP contribution in [0.3, 0.4) is 0 Å². The van der Waals surface area contributed by atoms with Crippen LogP contribution >= 0.6 is 11.3 Å². The Hall–Kier alpha value is -1.93. The molecule has 8 heteroatoms. The Balaban J connectivity index is 1.39. The molecule has 0 bridgehead atoms. The minimum atomic E-state index is -0.0280. The van der Waals surface area contributed by atoms with Crippen molar-refractivity contribution in [3.8, 4) is 11.1 Å². The number of nitrogens with one attached hydrogen (secondary N) is 1. The molecule has 1 N–H and O–H groups in total. The van der Waals surface area contributed by atoms with Gasteiger partial charge in [0.1, 0.15) is 5.52 Å². The molecule has 142 valence electrons. The second-order valence-corrected chi connectivity index (χ2v) is 7.53. The van der Waals surface area contributed by atoms with Crippen molar-refractivity contribution in [1.82, 2.24) is 15.3 Å². The van der Waals surface area contributed by atoms with E-state index in [9.17, 15) is 4.79 Å². The Bertz CT molecular complexity index is 745. The van der Waals surface area contributed by atoms with Crippen molar-refractivity contribution < 1.29 is 19.0 Å². The summed E-state index contributed by atoms with van der Waals surface area (Å²) < 4.78 is 17.0. The lowest BCUT2D eigenvalue weighted by Gasteiger charge is -2.35. The van der Waals surface area contributed by atoms with E-state index in [2.05, 4.69) is 15.3 Å². The second kappa shape index (κ2) is 8.64. The SMILES string of the molecule is CCOc1nc2ccc(OC[C@H]3C[C@@H](OC[C@H](C)NC(C)=O)C3)nc2s1. The number of hydrogen-bond acceptors (Lipinski definition) is 7. The largest absolute Gasteiger partial charge is 0.477 e. The summed E-state index contributed by atoms with van der Waals surface area (Å²) in [5.74, 6) is 1.07. The molecular weight excluding hydrogens is 354 g/mol. The molecule has 3 rings (SSSR count). The molecular formula is C18H25N3O4S. The van der Waals surface area contributed by atoms with Crippen LogP contribution in [0.4, 0.5) is 0 Å². The molecule has 2 aromatic heterocycles. The third-order valence-electron chi connectivity index (χ3n) is 4.17. The molecule has 2 heterocycles. The predicted molar refractivity (Wildman–Crippen MR) is 99.8 cm³/mol. The zero-order valence-electron chi connectivity index (χ0n) is 15.4. The van der Waals surface area contributed by atoms with Gasteiger partial charge in [0.05, 0.1) is 25.9 Å². The van der Waals surface area contributed by atoms with Gasteiger partial charge in [0.2, 0.25) is 11.8 Å². The number of thiazole rings is 1. The van der Waals surface area contributed by atoms with Gasteiger partial charge in [-0.2, -0.15) is 0 Å². The molecule has 26 heavy (non-hydrogen) atoms. The maximum atomic E-state index is 11.0. The molecule has 1 atom stereocenters. The van der Waals surface area contributed by atoms with Crippen LogP contribution in [0.2, 0.25) is 0 Å². The fourth-order valence-corrected chi connectivity index (χ4v) is 3.70. The topological polar surface area (TPSA) is 82.6 Å². The highest BCUT2D eigenvalue weighted by Gasteiger charge is 2.30. The highest BCUT2D eigenvalue weighted by Crippen LogP contribution is 2.32. The van der Waals surface area contributed by atoms with Gasteiger partial charge in [0, 0.05) is 19.0 Å². The molecule has 0 aliphatic heterocycles. The first-order valence-corrected chi connectivity index (χ1v) is 9.77. The molecule has 1 amide bonds. The van der Waals surface area contributed by atoms with Gasteiger partial charge in [-0.3, -0.25) is 4.79 Å². The van der Waals surface area contributed by atoms with Gasteiger partial charge in [-0.15, -0.1) is 0 Å². The third-order valence-corrected chi connectivity index (χ3v) is 5.05. The summed E-state index contributed by atoms with van der Waals surface area (Å²) in [4.78, 5) is 20.7. The van der Waals surface area contributed by atoms with Crippen molar-refractivity contribution >= 4 is 27.6 Å². The van der Waals surface area contributed by atoms with Crippen LogP contribution in [0.5, 0.6) is 11.1 Å². The summed E-state index contributed by atoms with van der Waals surface area (Å²) in [6, 6.07) is 3.80. The number of ether oxygens (including phenoxy) is 3. The molecule has 0 radical (unpaired) electrons. The summed E-state index contributed by atoms with van der Waals surface area (Å²) in [6.07, 6.45) is 2.21. The van der Waals surface area contributed by atoms with Crippen LogP contribution in [0.15, 0.2) is 12.1 Å². The number of rotatable bonds is 9. The van der Waals surface area contributed by atoms with Crippen molar-refractivity contribution in [1.29, 1.82) is 0 Å². The van der Waals surface area contributed by atoms with Crippen LogP contribution in [0.25, 0.3) is 10.3 Å². The Morgan fingerprint density at radius 1 is 1.35 bits per heavy atom. The lowest BCUT2D eigenvalue weighted by molar-refractivity contribution is -0.120. The highest BCUT2D eigenvalue weighted by atomic mass is 32.1. The van der Waals surface area contributed by atoms with Gasteiger partial charge >= 0.3 is 0 Å². The standard InChI is InChI=1S/C18H25N3O4S/c1-4-23-18-20-15-5-6-16(21-17(15)26-18)25-10-13-7-14(8-13)24-9-11(2)19-12(3)22/h5-6,11,13-14H,4,7-10H2,1-3H3,(H,19,22)/t11-,13-,14+/m0/s1. The van der Waals surface area contributed by atoms with Gasteiger partial charge in [-0.1, -0.05) is 11.3 Å². The maximum Gasteiger partial charge on any atom is 0.275 e. The first kappa shape index (κ1) is 18.8. The Labute approximate surface area is 157 Å². The van der Waals surface area contributed by atoms with E-state index in [1.54, 1.807) is 0 Å². The zero-order valence-corrected chi connectivity index (χ0v) is 16.2.